The van der Waals surface area contributed by atoms with E-state index in [-0.39, 0.29) is 0 Å². The van der Waals surface area contributed by atoms with Crippen LogP contribution in [0.1, 0.15) is 220 Å². The Morgan fingerprint density at radius 1 is 0.421 bits per heavy atom. The van der Waals surface area contributed by atoms with Crippen LogP contribution in [0.4, 0.5) is 0 Å². The maximum absolute atomic E-state index is 5.41. The van der Waals surface area contributed by atoms with Crippen LogP contribution in [-0.2, 0) is 4.74 Å². The fourth-order valence-corrected chi connectivity index (χ4v) is 6.35. The topological polar surface area (TPSA) is 12.5 Å². The SMILES string of the molecule is CCCCCCCCCCCCCCCCCCCCCCCCCCCCCCCC(C)(C)CC1CO1. The highest BCUT2D eigenvalue weighted by molar-refractivity contribution is 4.79. The van der Waals surface area contributed by atoms with Crippen molar-refractivity contribution in [2.24, 2.45) is 5.41 Å². The average molecular weight is 535 g/mol. The van der Waals surface area contributed by atoms with Crippen LogP contribution >= 0.6 is 0 Å². The Kier molecular flexibility index (Phi) is 25.7. The second kappa shape index (κ2) is 27.1. The molecule has 0 amide bonds. The maximum Gasteiger partial charge on any atom is 0.0815 e. The standard InChI is InChI=1S/C37H74O/c1-4-5-6-7-8-9-10-11-12-13-14-15-16-17-18-19-20-21-22-23-24-25-26-27-28-29-30-31-32-33-37(2,3)34-36-35-38-36/h36H,4-35H2,1-3H3. The van der Waals surface area contributed by atoms with Gasteiger partial charge in [0.2, 0.25) is 0 Å². The lowest BCUT2D eigenvalue weighted by atomic mass is 9.82. The molecule has 1 rings (SSSR count). The van der Waals surface area contributed by atoms with E-state index < -0.39 is 0 Å². The number of ether oxygens (including phenoxy) is 1. The van der Waals surface area contributed by atoms with E-state index in [4.69, 9.17) is 4.74 Å². The smallest absolute Gasteiger partial charge is 0.0815 e. The van der Waals surface area contributed by atoms with Gasteiger partial charge in [-0.2, -0.15) is 0 Å². The van der Waals surface area contributed by atoms with E-state index in [1.54, 1.807) is 0 Å². The predicted molar refractivity (Wildman–Crippen MR) is 172 cm³/mol. The number of hydrogen-bond donors (Lipinski definition) is 0. The molecule has 0 saturated carbocycles. The van der Waals surface area contributed by atoms with Gasteiger partial charge in [-0.15, -0.1) is 0 Å². The highest BCUT2D eigenvalue weighted by Crippen LogP contribution is 2.34. The van der Waals surface area contributed by atoms with Gasteiger partial charge in [-0.05, 0) is 18.3 Å². The molecule has 1 aliphatic rings. The largest absolute Gasteiger partial charge is 0.373 e. The molecule has 0 radical (unpaired) electrons. The Bertz CT molecular complexity index is 452. The number of unbranched alkanes of at least 4 members (excludes halogenated alkanes) is 28. The fraction of sp³-hybridized carbons (Fsp3) is 1.00. The van der Waals surface area contributed by atoms with Crippen molar-refractivity contribution in [3.8, 4) is 0 Å². The predicted octanol–water partition coefficient (Wildman–Crippen LogP) is 13.5. The molecule has 1 nitrogen and oxygen atoms in total. The summed E-state index contributed by atoms with van der Waals surface area (Å²) in [4.78, 5) is 0. The van der Waals surface area contributed by atoms with Crippen LogP contribution in [0.5, 0.6) is 0 Å². The van der Waals surface area contributed by atoms with Gasteiger partial charge >= 0.3 is 0 Å². The summed E-state index contributed by atoms with van der Waals surface area (Å²) >= 11 is 0. The van der Waals surface area contributed by atoms with Crippen LogP contribution in [0.2, 0.25) is 0 Å². The highest BCUT2D eigenvalue weighted by Gasteiger charge is 2.30. The van der Waals surface area contributed by atoms with Gasteiger partial charge in [0.05, 0.1) is 12.7 Å². The second-order valence-electron chi connectivity index (χ2n) is 14.0. The van der Waals surface area contributed by atoms with Crippen LogP contribution in [0.25, 0.3) is 0 Å². The third kappa shape index (κ3) is 27.5. The van der Waals surface area contributed by atoms with E-state index in [0.717, 1.165) is 6.61 Å². The number of rotatable bonds is 32. The Morgan fingerprint density at radius 3 is 0.895 bits per heavy atom. The quantitative estimate of drug-likeness (QED) is 0.0617. The molecule has 1 aliphatic heterocycles. The zero-order valence-corrected chi connectivity index (χ0v) is 27.1. The van der Waals surface area contributed by atoms with Crippen molar-refractivity contribution in [2.45, 2.75) is 226 Å². The van der Waals surface area contributed by atoms with E-state index in [2.05, 4.69) is 20.8 Å². The molecule has 1 heteroatoms. The van der Waals surface area contributed by atoms with Gasteiger partial charge in [0.25, 0.3) is 0 Å². The minimum absolute atomic E-state index is 0.493. The highest BCUT2D eigenvalue weighted by atomic mass is 16.6. The molecule has 0 spiro atoms. The van der Waals surface area contributed by atoms with Crippen molar-refractivity contribution < 1.29 is 4.74 Å². The van der Waals surface area contributed by atoms with Gasteiger partial charge in [0, 0.05) is 0 Å². The average Bonchev–Trinajstić information content (AvgIpc) is 3.71. The third-order valence-electron chi connectivity index (χ3n) is 9.14. The molecule has 0 N–H and O–H groups in total. The lowest BCUT2D eigenvalue weighted by Gasteiger charge is -2.23. The Hall–Kier alpha value is -0.0400. The van der Waals surface area contributed by atoms with Crippen LogP contribution in [0.3, 0.4) is 0 Å². The van der Waals surface area contributed by atoms with Crippen molar-refractivity contribution in [1.29, 1.82) is 0 Å². The number of epoxide rings is 1. The first kappa shape index (κ1) is 36.0. The lowest BCUT2D eigenvalue weighted by Crippen LogP contribution is -2.14. The second-order valence-corrected chi connectivity index (χ2v) is 14.0. The Morgan fingerprint density at radius 2 is 0.658 bits per heavy atom. The van der Waals surface area contributed by atoms with Crippen molar-refractivity contribution in [3.63, 3.8) is 0 Å². The van der Waals surface area contributed by atoms with E-state index >= 15 is 0 Å². The van der Waals surface area contributed by atoms with Gasteiger partial charge in [-0.3, -0.25) is 0 Å². The van der Waals surface area contributed by atoms with Crippen LogP contribution < -0.4 is 0 Å². The minimum atomic E-state index is 0.493. The molecular formula is C37H74O. The first-order chi connectivity index (χ1) is 18.6. The molecule has 0 aromatic carbocycles. The lowest BCUT2D eigenvalue weighted by molar-refractivity contribution is 0.251. The summed E-state index contributed by atoms with van der Waals surface area (Å²) in [6.07, 6.45) is 46.0. The zero-order chi connectivity index (χ0) is 27.4. The maximum atomic E-state index is 5.41. The molecule has 0 aromatic heterocycles. The molecule has 0 aliphatic carbocycles. The van der Waals surface area contributed by atoms with E-state index in [1.165, 1.54) is 199 Å². The first-order valence-corrected chi connectivity index (χ1v) is 18.3. The summed E-state index contributed by atoms with van der Waals surface area (Å²) in [7, 11) is 0. The molecule has 1 unspecified atom stereocenters. The monoisotopic (exact) mass is 535 g/mol. The summed E-state index contributed by atoms with van der Waals surface area (Å²) in [5.41, 5.74) is 0.493. The molecule has 1 heterocycles. The van der Waals surface area contributed by atoms with E-state index in [1.807, 2.05) is 0 Å². The van der Waals surface area contributed by atoms with E-state index in [9.17, 15) is 0 Å². The summed E-state index contributed by atoms with van der Waals surface area (Å²) in [6.45, 7) is 8.18. The van der Waals surface area contributed by atoms with Gasteiger partial charge < -0.3 is 4.74 Å². The summed E-state index contributed by atoms with van der Waals surface area (Å²) in [5.74, 6) is 0. The van der Waals surface area contributed by atoms with Gasteiger partial charge in [-0.25, -0.2) is 0 Å². The molecule has 1 atom stereocenters. The van der Waals surface area contributed by atoms with Crippen LogP contribution in [0.15, 0.2) is 0 Å². The Labute approximate surface area is 242 Å². The van der Waals surface area contributed by atoms with Gasteiger partial charge in [-0.1, -0.05) is 207 Å². The summed E-state index contributed by atoms with van der Waals surface area (Å²) < 4.78 is 5.41. The molecule has 228 valence electrons. The number of hydrogen-bond acceptors (Lipinski definition) is 1. The van der Waals surface area contributed by atoms with Gasteiger partial charge in [0.1, 0.15) is 0 Å². The zero-order valence-electron chi connectivity index (χ0n) is 27.1. The first-order valence-electron chi connectivity index (χ1n) is 18.3. The fourth-order valence-electron chi connectivity index (χ4n) is 6.35. The van der Waals surface area contributed by atoms with Crippen molar-refractivity contribution in [3.05, 3.63) is 0 Å². The molecule has 0 aromatic rings. The van der Waals surface area contributed by atoms with Crippen molar-refractivity contribution in [2.75, 3.05) is 6.61 Å². The minimum Gasteiger partial charge on any atom is -0.373 e. The molecule has 38 heavy (non-hydrogen) atoms. The molecule has 0 bridgehead atoms. The molecule has 1 saturated heterocycles. The summed E-state index contributed by atoms with van der Waals surface area (Å²) in [6, 6.07) is 0. The Balaban J connectivity index is 1.63. The summed E-state index contributed by atoms with van der Waals surface area (Å²) in [5, 5.41) is 0. The molecule has 1 fully saturated rings. The van der Waals surface area contributed by atoms with Crippen LogP contribution in [-0.4, -0.2) is 12.7 Å². The van der Waals surface area contributed by atoms with Gasteiger partial charge in [0.15, 0.2) is 0 Å². The van der Waals surface area contributed by atoms with Crippen LogP contribution in [0, 0.1) is 5.41 Å². The normalized spacial score (nSPS) is 15.4. The molecular weight excluding hydrogens is 460 g/mol. The van der Waals surface area contributed by atoms with E-state index in [0.29, 0.717) is 11.5 Å². The van der Waals surface area contributed by atoms with Crippen molar-refractivity contribution >= 4 is 0 Å². The third-order valence-corrected chi connectivity index (χ3v) is 9.14. The van der Waals surface area contributed by atoms with Crippen molar-refractivity contribution in [1.82, 2.24) is 0 Å².